The molecule has 1 unspecified atom stereocenters. The molecule has 2 aromatic carbocycles. The predicted octanol–water partition coefficient (Wildman–Crippen LogP) is 1.81. The largest absolute Gasteiger partial charge is 0.507 e. The number of nitro benzene ring substituents is 1. The summed E-state index contributed by atoms with van der Waals surface area (Å²) in [5.74, 6) is -0.796. The Kier molecular flexibility index (Phi) is 5.72. The number of nitrogens with one attached hydrogen (secondary N) is 1. The second kappa shape index (κ2) is 8.38. The molecule has 2 amide bonds. The number of methoxy groups -OCH3 is 1. The Labute approximate surface area is 165 Å². The van der Waals surface area contributed by atoms with Crippen LogP contribution in [0.15, 0.2) is 47.6 Å². The normalized spacial score (nSPS) is 16.2. The van der Waals surface area contributed by atoms with Crippen LogP contribution < -0.4 is 15.1 Å². The number of anilines is 1. The fourth-order valence-electron chi connectivity index (χ4n) is 2.91. The van der Waals surface area contributed by atoms with Crippen LogP contribution in [0.4, 0.5) is 11.4 Å². The average Bonchev–Trinajstić information content (AvgIpc) is 3.11. The van der Waals surface area contributed by atoms with Crippen molar-refractivity contribution in [2.24, 2.45) is 11.0 Å². The molecule has 1 fully saturated rings. The molecule has 10 heteroatoms. The number of ether oxygens (including phenoxy) is 1. The van der Waals surface area contributed by atoms with E-state index in [1.54, 1.807) is 31.4 Å². The second-order valence-electron chi connectivity index (χ2n) is 6.34. The van der Waals surface area contributed by atoms with E-state index in [0.29, 0.717) is 11.4 Å². The van der Waals surface area contributed by atoms with E-state index < -0.39 is 16.7 Å². The number of nitrogens with zero attached hydrogens (tertiary/aromatic N) is 3. The SMILES string of the molecule is COc1ccc(N2CC(C(=O)NN=Cc3cc([N+](=O)[O-])ccc3O)CC2=O)cc1. The Morgan fingerprint density at radius 2 is 2.07 bits per heavy atom. The van der Waals surface area contributed by atoms with E-state index in [0.717, 1.165) is 18.3 Å². The summed E-state index contributed by atoms with van der Waals surface area (Å²) in [6.45, 7) is 0.203. The summed E-state index contributed by atoms with van der Waals surface area (Å²) in [4.78, 5) is 36.3. The Balaban J connectivity index is 1.63. The molecule has 2 N–H and O–H groups in total. The van der Waals surface area contributed by atoms with Crippen molar-refractivity contribution in [3.63, 3.8) is 0 Å². The van der Waals surface area contributed by atoms with Crippen LogP contribution in [0.3, 0.4) is 0 Å². The summed E-state index contributed by atoms with van der Waals surface area (Å²) in [6, 6.07) is 10.4. The molecule has 0 aliphatic carbocycles. The number of benzene rings is 2. The van der Waals surface area contributed by atoms with E-state index >= 15 is 0 Å². The van der Waals surface area contributed by atoms with Crippen molar-refractivity contribution in [3.8, 4) is 11.5 Å². The molecule has 0 aromatic heterocycles. The Morgan fingerprint density at radius 1 is 1.34 bits per heavy atom. The van der Waals surface area contributed by atoms with E-state index in [1.165, 1.54) is 11.0 Å². The van der Waals surface area contributed by atoms with Gasteiger partial charge < -0.3 is 14.7 Å². The third kappa shape index (κ3) is 4.49. The number of aromatic hydroxyl groups is 1. The zero-order chi connectivity index (χ0) is 21.0. The van der Waals surface area contributed by atoms with Gasteiger partial charge in [-0.1, -0.05) is 0 Å². The summed E-state index contributed by atoms with van der Waals surface area (Å²) in [7, 11) is 1.55. The van der Waals surface area contributed by atoms with Crippen LogP contribution in [0.5, 0.6) is 11.5 Å². The quantitative estimate of drug-likeness (QED) is 0.433. The molecule has 1 aliphatic heterocycles. The van der Waals surface area contributed by atoms with Crippen molar-refractivity contribution in [1.29, 1.82) is 0 Å². The summed E-state index contributed by atoms with van der Waals surface area (Å²) in [6.07, 6.45) is 1.15. The number of hydrazone groups is 1. The third-order valence-electron chi connectivity index (χ3n) is 4.48. The van der Waals surface area contributed by atoms with Crippen molar-refractivity contribution in [2.45, 2.75) is 6.42 Å². The molecule has 2 aromatic rings. The zero-order valence-electron chi connectivity index (χ0n) is 15.4. The highest BCUT2D eigenvalue weighted by Crippen LogP contribution is 2.27. The van der Waals surface area contributed by atoms with Gasteiger partial charge in [-0.15, -0.1) is 0 Å². The van der Waals surface area contributed by atoms with Crippen molar-refractivity contribution in [2.75, 3.05) is 18.6 Å². The van der Waals surface area contributed by atoms with E-state index in [1.807, 2.05) is 0 Å². The number of carbonyl (C=O) groups excluding carboxylic acids is 2. The minimum atomic E-state index is -0.604. The fraction of sp³-hybridized carbons (Fsp3) is 0.211. The zero-order valence-corrected chi connectivity index (χ0v) is 15.4. The van der Waals surface area contributed by atoms with Gasteiger partial charge in [0.1, 0.15) is 11.5 Å². The van der Waals surface area contributed by atoms with Crippen molar-refractivity contribution >= 4 is 29.4 Å². The number of phenols is 1. The highest BCUT2D eigenvalue weighted by atomic mass is 16.6. The molecular weight excluding hydrogens is 380 g/mol. The number of nitro groups is 1. The van der Waals surface area contributed by atoms with Gasteiger partial charge in [-0.3, -0.25) is 19.7 Å². The molecular formula is C19H18N4O6. The number of phenolic OH excluding ortho intramolecular Hbond substituents is 1. The van der Waals surface area contributed by atoms with Crippen LogP contribution in [0.25, 0.3) is 0 Å². The van der Waals surface area contributed by atoms with Crippen molar-refractivity contribution < 1.29 is 24.4 Å². The molecule has 29 heavy (non-hydrogen) atoms. The van der Waals surface area contributed by atoms with E-state index in [4.69, 9.17) is 4.74 Å². The molecule has 1 aliphatic rings. The van der Waals surface area contributed by atoms with Crippen LogP contribution >= 0.6 is 0 Å². The van der Waals surface area contributed by atoms with E-state index in [9.17, 15) is 24.8 Å². The number of hydrogen-bond donors (Lipinski definition) is 2. The summed E-state index contributed by atoms with van der Waals surface area (Å²) in [5, 5.41) is 24.3. The van der Waals surface area contributed by atoms with Gasteiger partial charge >= 0.3 is 0 Å². The van der Waals surface area contributed by atoms with Crippen molar-refractivity contribution in [3.05, 3.63) is 58.1 Å². The monoisotopic (exact) mass is 398 g/mol. The first-order chi connectivity index (χ1) is 13.9. The number of carbonyl (C=O) groups is 2. The van der Waals surface area contributed by atoms with Gasteiger partial charge in [0.15, 0.2) is 0 Å². The number of hydrogen-bond acceptors (Lipinski definition) is 7. The fourth-order valence-corrected chi connectivity index (χ4v) is 2.91. The lowest BCUT2D eigenvalue weighted by atomic mass is 10.1. The van der Waals surface area contributed by atoms with Crippen LogP contribution in [-0.2, 0) is 9.59 Å². The van der Waals surface area contributed by atoms with Gasteiger partial charge in [-0.2, -0.15) is 5.10 Å². The molecule has 3 rings (SSSR count). The summed E-state index contributed by atoms with van der Waals surface area (Å²) < 4.78 is 5.09. The highest BCUT2D eigenvalue weighted by molar-refractivity contribution is 6.00. The van der Waals surface area contributed by atoms with Gasteiger partial charge in [-0.25, -0.2) is 5.43 Å². The first-order valence-electron chi connectivity index (χ1n) is 8.64. The molecule has 0 spiro atoms. The lowest BCUT2D eigenvalue weighted by molar-refractivity contribution is -0.384. The van der Waals surface area contributed by atoms with Crippen molar-refractivity contribution in [1.82, 2.24) is 5.43 Å². The van der Waals surface area contributed by atoms with Crippen LogP contribution in [0.1, 0.15) is 12.0 Å². The van der Waals surface area contributed by atoms with E-state index in [2.05, 4.69) is 10.5 Å². The lowest BCUT2D eigenvalue weighted by Gasteiger charge is -2.16. The Hall–Kier alpha value is -3.95. The van der Waals surface area contributed by atoms with Crippen LogP contribution in [0.2, 0.25) is 0 Å². The standard InChI is InChI=1S/C19H18N4O6/c1-29-16-5-2-14(3-6-16)22-11-13(9-18(22)25)19(26)21-20-10-12-8-15(23(27)28)4-7-17(12)24/h2-8,10,13,24H,9,11H2,1H3,(H,21,26). The van der Waals surface area contributed by atoms with Crippen LogP contribution in [0, 0.1) is 16.0 Å². The minimum Gasteiger partial charge on any atom is -0.507 e. The average molecular weight is 398 g/mol. The van der Waals surface area contributed by atoms with Gasteiger partial charge in [-0.05, 0) is 30.3 Å². The first-order valence-corrected chi connectivity index (χ1v) is 8.64. The third-order valence-corrected chi connectivity index (χ3v) is 4.48. The molecule has 0 radical (unpaired) electrons. The number of non-ortho nitro benzene ring substituents is 1. The van der Waals surface area contributed by atoms with Gasteiger partial charge in [0.2, 0.25) is 11.8 Å². The van der Waals surface area contributed by atoms with E-state index in [-0.39, 0.29) is 35.9 Å². The second-order valence-corrected chi connectivity index (χ2v) is 6.34. The van der Waals surface area contributed by atoms with Crippen LogP contribution in [-0.4, -0.2) is 41.7 Å². The minimum absolute atomic E-state index is 0.0371. The molecule has 1 atom stereocenters. The molecule has 10 nitrogen and oxygen atoms in total. The summed E-state index contributed by atoms with van der Waals surface area (Å²) >= 11 is 0. The molecule has 150 valence electrons. The maximum Gasteiger partial charge on any atom is 0.270 e. The number of amides is 2. The topological polar surface area (TPSA) is 134 Å². The lowest BCUT2D eigenvalue weighted by Crippen LogP contribution is -2.30. The Bertz CT molecular complexity index is 973. The predicted molar refractivity (Wildman–Crippen MR) is 104 cm³/mol. The van der Waals surface area contributed by atoms with Gasteiger partial charge in [0, 0.05) is 36.3 Å². The molecule has 0 bridgehead atoms. The Morgan fingerprint density at radius 3 is 2.72 bits per heavy atom. The molecule has 0 saturated carbocycles. The maximum absolute atomic E-state index is 12.3. The first kappa shape index (κ1) is 19.8. The number of rotatable bonds is 6. The maximum atomic E-state index is 12.3. The smallest absolute Gasteiger partial charge is 0.270 e. The molecule has 1 heterocycles. The highest BCUT2D eigenvalue weighted by Gasteiger charge is 2.35. The molecule has 1 saturated heterocycles. The van der Waals surface area contributed by atoms with Gasteiger partial charge in [0.05, 0.1) is 24.2 Å². The van der Waals surface area contributed by atoms with Gasteiger partial charge in [0.25, 0.3) is 5.69 Å². The summed E-state index contributed by atoms with van der Waals surface area (Å²) in [5.41, 5.74) is 2.84.